The number of benzene rings is 1. The van der Waals surface area contributed by atoms with Crippen LogP contribution in [0, 0.1) is 10.1 Å². The molecule has 0 aromatic heterocycles. The average molecular weight is 346 g/mol. The molecule has 1 saturated heterocycles. The Bertz CT molecular complexity index is 528. The van der Waals surface area contributed by atoms with Gasteiger partial charge in [-0.25, -0.2) is 0 Å². The summed E-state index contributed by atoms with van der Waals surface area (Å²) in [5, 5.41) is 20.3. The van der Waals surface area contributed by atoms with Crippen LogP contribution in [0.3, 0.4) is 0 Å². The van der Waals surface area contributed by atoms with Gasteiger partial charge in [0.25, 0.3) is 5.69 Å². The van der Waals surface area contributed by atoms with Crippen molar-refractivity contribution in [3.63, 3.8) is 0 Å². The van der Waals surface area contributed by atoms with Gasteiger partial charge in [0, 0.05) is 6.07 Å². The van der Waals surface area contributed by atoms with E-state index in [9.17, 15) is 20.0 Å². The van der Waals surface area contributed by atoms with Gasteiger partial charge in [-0.1, -0.05) is 12.1 Å². The van der Waals surface area contributed by atoms with Gasteiger partial charge in [0.05, 0.1) is 9.40 Å². The van der Waals surface area contributed by atoms with Crippen LogP contribution in [-0.4, -0.2) is 26.5 Å². The molecule has 1 unspecified atom stereocenters. The molecule has 1 aliphatic heterocycles. The number of carboxylic acid groups (broad SMARTS) is 1. The summed E-state index contributed by atoms with van der Waals surface area (Å²) in [5.74, 6) is -0.0211. The summed E-state index contributed by atoms with van der Waals surface area (Å²) in [7, 11) is 0. The number of nitro groups is 1. The molecule has 0 bridgehead atoms. The summed E-state index contributed by atoms with van der Waals surface area (Å²) in [5.41, 5.74) is 0.645. The first kappa shape index (κ1) is 14.3. The fourth-order valence-electron chi connectivity index (χ4n) is 2.23. The SMILES string of the molecule is O=C(O)C1(Cc2cccc([N+](=O)[O-])c2Br)CCCS1. The number of aliphatic carboxylic acids is 1. The van der Waals surface area contributed by atoms with Crippen LogP contribution in [0.1, 0.15) is 18.4 Å². The highest BCUT2D eigenvalue weighted by molar-refractivity contribution is 9.10. The van der Waals surface area contributed by atoms with E-state index < -0.39 is 15.6 Å². The molecule has 0 aliphatic carbocycles. The zero-order chi connectivity index (χ0) is 14.0. The fraction of sp³-hybridized carbons (Fsp3) is 0.417. The molecule has 1 atom stereocenters. The smallest absolute Gasteiger partial charge is 0.320 e. The molecule has 1 aromatic rings. The number of thioether (sulfide) groups is 1. The monoisotopic (exact) mass is 345 g/mol. The number of halogens is 1. The molecule has 19 heavy (non-hydrogen) atoms. The lowest BCUT2D eigenvalue weighted by molar-refractivity contribution is -0.385. The number of carboxylic acids is 1. The van der Waals surface area contributed by atoms with Crippen LogP contribution in [0.15, 0.2) is 22.7 Å². The summed E-state index contributed by atoms with van der Waals surface area (Å²) in [6, 6.07) is 4.73. The van der Waals surface area contributed by atoms with Crippen molar-refractivity contribution >= 4 is 39.3 Å². The third-order valence-corrected chi connectivity index (χ3v) is 5.71. The largest absolute Gasteiger partial charge is 0.480 e. The number of hydrogen-bond acceptors (Lipinski definition) is 4. The van der Waals surface area contributed by atoms with Gasteiger partial charge in [-0.15, -0.1) is 11.8 Å². The molecular formula is C12H12BrNO4S. The second-order valence-electron chi connectivity index (χ2n) is 4.44. The Kier molecular flexibility index (Phi) is 4.15. The molecule has 2 rings (SSSR count). The first-order chi connectivity index (χ1) is 8.96. The minimum atomic E-state index is -0.849. The van der Waals surface area contributed by atoms with Crippen molar-refractivity contribution in [1.82, 2.24) is 0 Å². The van der Waals surface area contributed by atoms with E-state index in [1.165, 1.54) is 17.8 Å². The zero-order valence-electron chi connectivity index (χ0n) is 9.97. The molecular weight excluding hydrogens is 334 g/mol. The normalized spacial score (nSPS) is 22.4. The van der Waals surface area contributed by atoms with Crippen LogP contribution >= 0.6 is 27.7 Å². The van der Waals surface area contributed by atoms with Crippen molar-refractivity contribution in [3.05, 3.63) is 38.3 Å². The maximum atomic E-state index is 11.5. The standard InChI is InChI=1S/C12H12BrNO4S/c13-10-8(3-1-4-9(10)14(17)18)7-12(11(15)16)5-2-6-19-12/h1,3-4H,2,5-7H2,(H,15,16). The lowest BCUT2D eigenvalue weighted by atomic mass is 9.94. The molecule has 0 saturated carbocycles. The number of hydrogen-bond donors (Lipinski definition) is 1. The van der Waals surface area contributed by atoms with E-state index in [4.69, 9.17) is 0 Å². The van der Waals surface area contributed by atoms with E-state index in [2.05, 4.69) is 15.9 Å². The fourth-order valence-corrected chi connectivity index (χ4v) is 4.13. The van der Waals surface area contributed by atoms with Gasteiger partial charge in [-0.05, 0) is 46.5 Å². The highest BCUT2D eigenvalue weighted by Crippen LogP contribution is 2.43. The number of nitrogens with zero attached hydrogens (tertiary/aromatic N) is 1. The first-order valence-electron chi connectivity index (χ1n) is 5.75. The lowest BCUT2D eigenvalue weighted by Gasteiger charge is -2.23. The quantitative estimate of drug-likeness (QED) is 0.669. The minimum absolute atomic E-state index is 0.0268. The van der Waals surface area contributed by atoms with E-state index in [0.717, 1.165) is 12.2 Å². The van der Waals surface area contributed by atoms with E-state index >= 15 is 0 Å². The van der Waals surface area contributed by atoms with E-state index in [1.54, 1.807) is 12.1 Å². The highest BCUT2D eigenvalue weighted by atomic mass is 79.9. The maximum absolute atomic E-state index is 11.5. The molecule has 0 spiro atoms. The molecule has 1 aromatic carbocycles. The molecule has 1 heterocycles. The molecule has 1 N–H and O–H groups in total. The first-order valence-corrected chi connectivity index (χ1v) is 7.53. The van der Waals surface area contributed by atoms with Crippen molar-refractivity contribution in [1.29, 1.82) is 0 Å². The van der Waals surface area contributed by atoms with Gasteiger partial charge in [0.15, 0.2) is 0 Å². The second kappa shape index (κ2) is 5.50. The molecule has 0 amide bonds. The van der Waals surface area contributed by atoms with Gasteiger partial charge in [-0.3, -0.25) is 14.9 Å². The van der Waals surface area contributed by atoms with Crippen LogP contribution in [0.4, 0.5) is 5.69 Å². The summed E-state index contributed by atoms with van der Waals surface area (Å²) in [6.45, 7) is 0. The average Bonchev–Trinajstić information content (AvgIpc) is 2.81. The Morgan fingerprint density at radius 2 is 2.32 bits per heavy atom. The Morgan fingerprint density at radius 1 is 1.58 bits per heavy atom. The van der Waals surface area contributed by atoms with E-state index in [-0.39, 0.29) is 5.69 Å². The maximum Gasteiger partial charge on any atom is 0.320 e. The second-order valence-corrected chi connectivity index (χ2v) is 6.71. The van der Waals surface area contributed by atoms with Gasteiger partial charge in [-0.2, -0.15) is 0 Å². The number of rotatable bonds is 4. The molecule has 1 fully saturated rings. The van der Waals surface area contributed by atoms with Crippen molar-refractivity contribution in [2.24, 2.45) is 0 Å². The molecule has 0 radical (unpaired) electrons. The molecule has 1 aliphatic rings. The van der Waals surface area contributed by atoms with Crippen LogP contribution < -0.4 is 0 Å². The zero-order valence-corrected chi connectivity index (χ0v) is 12.4. The van der Waals surface area contributed by atoms with Crippen LogP contribution in [0.5, 0.6) is 0 Å². The van der Waals surface area contributed by atoms with E-state index in [1.807, 2.05) is 0 Å². The Balaban J connectivity index is 2.35. The predicted octanol–water partition coefficient (Wildman–Crippen LogP) is 3.25. The van der Waals surface area contributed by atoms with Gasteiger partial charge in [0.1, 0.15) is 4.75 Å². The Labute approximate surface area is 122 Å². The predicted molar refractivity (Wildman–Crippen MR) is 76.6 cm³/mol. The molecule has 102 valence electrons. The Morgan fingerprint density at radius 3 is 2.84 bits per heavy atom. The van der Waals surface area contributed by atoms with Crippen molar-refractivity contribution in [3.8, 4) is 0 Å². The number of carbonyl (C=O) groups is 1. The van der Waals surface area contributed by atoms with Gasteiger partial charge in [0.2, 0.25) is 0 Å². The van der Waals surface area contributed by atoms with Gasteiger partial charge < -0.3 is 5.11 Å². The highest BCUT2D eigenvalue weighted by Gasteiger charge is 2.43. The third-order valence-electron chi connectivity index (χ3n) is 3.22. The van der Waals surface area contributed by atoms with Crippen molar-refractivity contribution < 1.29 is 14.8 Å². The minimum Gasteiger partial charge on any atom is -0.480 e. The molecule has 5 nitrogen and oxygen atoms in total. The lowest BCUT2D eigenvalue weighted by Crippen LogP contribution is -2.34. The molecule has 7 heteroatoms. The Hall–Kier alpha value is -1.08. The van der Waals surface area contributed by atoms with E-state index in [0.29, 0.717) is 22.9 Å². The van der Waals surface area contributed by atoms with Crippen LogP contribution in [0.25, 0.3) is 0 Å². The van der Waals surface area contributed by atoms with Crippen molar-refractivity contribution in [2.45, 2.75) is 24.0 Å². The van der Waals surface area contributed by atoms with Crippen LogP contribution in [0.2, 0.25) is 0 Å². The third kappa shape index (κ3) is 2.76. The van der Waals surface area contributed by atoms with Gasteiger partial charge >= 0.3 is 5.97 Å². The summed E-state index contributed by atoms with van der Waals surface area (Å²) >= 11 is 4.64. The summed E-state index contributed by atoms with van der Waals surface area (Å²) in [6.07, 6.45) is 1.76. The summed E-state index contributed by atoms with van der Waals surface area (Å²) < 4.78 is -0.467. The van der Waals surface area contributed by atoms with Crippen molar-refractivity contribution in [2.75, 3.05) is 5.75 Å². The topological polar surface area (TPSA) is 80.4 Å². The van der Waals surface area contributed by atoms with Crippen LogP contribution in [-0.2, 0) is 11.2 Å². The number of nitro benzene ring substituents is 1. The summed E-state index contributed by atoms with van der Waals surface area (Å²) in [4.78, 5) is 21.9.